The van der Waals surface area contributed by atoms with Crippen molar-refractivity contribution in [2.75, 3.05) is 11.1 Å². The zero-order valence-electron chi connectivity index (χ0n) is 16.3. The van der Waals surface area contributed by atoms with Crippen LogP contribution in [-0.4, -0.2) is 21.9 Å². The number of nitrogens with one attached hydrogen (secondary N) is 1. The molecule has 6 nitrogen and oxygen atoms in total. The number of ether oxygens (including phenoxy) is 1. The predicted molar refractivity (Wildman–Crippen MR) is 121 cm³/mol. The van der Waals surface area contributed by atoms with E-state index in [2.05, 4.69) is 15.5 Å². The number of aromatic nitrogens is 2. The van der Waals surface area contributed by atoms with Crippen LogP contribution in [0.3, 0.4) is 0 Å². The van der Waals surface area contributed by atoms with Gasteiger partial charge in [-0.2, -0.15) is 0 Å². The zero-order chi connectivity index (χ0) is 21.5. The Morgan fingerprint density at radius 1 is 0.968 bits per heavy atom. The van der Waals surface area contributed by atoms with Gasteiger partial charge in [0.05, 0.1) is 5.75 Å². The maximum Gasteiger partial charge on any atom is 0.277 e. The first kappa shape index (κ1) is 21.0. The highest BCUT2D eigenvalue weighted by Gasteiger charge is 2.12. The molecule has 0 spiro atoms. The normalized spacial score (nSPS) is 10.6. The number of carbonyl (C=O) groups is 1. The Balaban J connectivity index is 1.30. The quantitative estimate of drug-likeness (QED) is 0.346. The van der Waals surface area contributed by atoms with Gasteiger partial charge < -0.3 is 14.5 Å². The van der Waals surface area contributed by atoms with Crippen LogP contribution >= 0.6 is 23.4 Å². The summed E-state index contributed by atoms with van der Waals surface area (Å²) in [5.74, 6) is 0.953. The Bertz CT molecular complexity index is 1150. The third-order valence-electron chi connectivity index (χ3n) is 4.24. The van der Waals surface area contributed by atoms with Gasteiger partial charge in [-0.25, -0.2) is 0 Å². The van der Waals surface area contributed by atoms with E-state index in [9.17, 15) is 4.79 Å². The van der Waals surface area contributed by atoms with Crippen molar-refractivity contribution >= 4 is 35.0 Å². The van der Waals surface area contributed by atoms with E-state index < -0.39 is 0 Å². The number of halogens is 1. The Morgan fingerprint density at radius 3 is 2.52 bits per heavy atom. The summed E-state index contributed by atoms with van der Waals surface area (Å²) in [5, 5.41) is 11.8. The second kappa shape index (κ2) is 10.1. The van der Waals surface area contributed by atoms with Crippen LogP contribution in [0.1, 0.15) is 5.89 Å². The molecular weight excluding hydrogens is 434 g/mol. The summed E-state index contributed by atoms with van der Waals surface area (Å²) in [6.07, 6.45) is 0. The number of thioether (sulfide) groups is 1. The molecule has 0 aliphatic rings. The third kappa shape index (κ3) is 5.87. The van der Waals surface area contributed by atoms with Gasteiger partial charge in [0.1, 0.15) is 5.75 Å². The lowest BCUT2D eigenvalue weighted by Gasteiger charge is -2.10. The third-order valence-corrected chi connectivity index (χ3v) is 5.31. The number of rotatable bonds is 8. The van der Waals surface area contributed by atoms with Crippen molar-refractivity contribution in [2.24, 2.45) is 0 Å². The molecule has 0 bridgehead atoms. The highest BCUT2D eigenvalue weighted by atomic mass is 35.5. The van der Waals surface area contributed by atoms with Crippen LogP contribution in [0.15, 0.2) is 88.5 Å². The smallest absolute Gasteiger partial charge is 0.277 e. The van der Waals surface area contributed by atoms with Crippen LogP contribution in [0.5, 0.6) is 5.75 Å². The molecule has 4 aromatic rings. The molecule has 31 heavy (non-hydrogen) atoms. The number of hydrogen-bond donors (Lipinski definition) is 1. The molecule has 1 amide bonds. The largest absolute Gasteiger partial charge is 0.484 e. The van der Waals surface area contributed by atoms with E-state index in [0.717, 1.165) is 16.8 Å². The minimum atomic E-state index is -0.162. The molecule has 3 aromatic carbocycles. The van der Waals surface area contributed by atoms with Crippen molar-refractivity contribution in [3.8, 4) is 16.9 Å². The number of amides is 1. The zero-order valence-corrected chi connectivity index (χ0v) is 17.9. The Morgan fingerprint density at radius 2 is 1.71 bits per heavy atom. The van der Waals surface area contributed by atoms with Gasteiger partial charge in [0.15, 0.2) is 6.61 Å². The van der Waals surface area contributed by atoms with Crippen LogP contribution in [-0.2, 0) is 11.4 Å². The standard InChI is InChI=1S/C23H18ClN3O3S/c24-17-10-12-18(13-11-17)29-14-22-26-27-23(30-22)31-15-21(28)25-20-9-5-4-8-19(20)16-6-2-1-3-7-16/h1-13H,14-15H2,(H,25,28). The average molecular weight is 452 g/mol. The molecular formula is C23H18ClN3O3S. The lowest BCUT2D eigenvalue weighted by Crippen LogP contribution is -2.14. The Kier molecular flexibility index (Phi) is 6.86. The van der Waals surface area contributed by atoms with Gasteiger partial charge in [-0.1, -0.05) is 71.9 Å². The van der Waals surface area contributed by atoms with E-state index in [0.29, 0.717) is 21.9 Å². The monoisotopic (exact) mass is 451 g/mol. The fraction of sp³-hybridized carbons (Fsp3) is 0.0870. The lowest BCUT2D eigenvalue weighted by atomic mass is 10.0. The lowest BCUT2D eigenvalue weighted by molar-refractivity contribution is -0.113. The minimum Gasteiger partial charge on any atom is -0.484 e. The summed E-state index contributed by atoms with van der Waals surface area (Å²) in [5.41, 5.74) is 2.75. The van der Waals surface area contributed by atoms with E-state index in [1.54, 1.807) is 24.3 Å². The van der Waals surface area contributed by atoms with Crippen molar-refractivity contribution < 1.29 is 13.9 Å². The number of nitrogens with zero attached hydrogens (tertiary/aromatic N) is 2. The van der Waals surface area contributed by atoms with Gasteiger partial charge in [0.25, 0.3) is 11.1 Å². The molecule has 1 aromatic heterocycles. The first-order valence-corrected chi connectivity index (χ1v) is 10.8. The number of carbonyl (C=O) groups excluding carboxylic acids is 1. The van der Waals surface area contributed by atoms with Gasteiger partial charge >= 0.3 is 0 Å². The molecule has 1 N–H and O–H groups in total. The van der Waals surface area contributed by atoms with Crippen LogP contribution in [0.4, 0.5) is 5.69 Å². The molecule has 0 unspecified atom stereocenters. The van der Waals surface area contributed by atoms with Crippen molar-refractivity contribution in [1.29, 1.82) is 0 Å². The van der Waals surface area contributed by atoms with Crippen LogP contribution in [0.2, 0.25) is 5.02 Å². The van der Waals surface area contributed by atoms with E-state index in [1.165, 1.54) is 11.8 Å². The Labute approximate surface area is 188 Å². The van der Waals surface area contributed by atoms with Crippen molar-refractivity contribution in [2.45, 2.75) is 11.8 Å². The second-order valence-corrected chi connectivity index (χ2v) is 7.82. The van der Waals surface area contributed by atoms with E-state index >= 15 is 0 Å². The van der Waals surface area contributed by atoms with Gasteiger partial charge in [-0.15, -0.1) is 10.2 Å². The number of hydrogen-bond acceptors (Lipinski definition) is 6. The molecule has 8 heteroatoms. The first-order chi connectivity index (χ1) is 15.2. The molecule has 0 saturated heterocycles. The minimum absolute atomic E-state index is 0.131. The fourth-order valence-corrected chi connectivity index (χ4v) is 3.51. The fourth-order valence-electron chi connectivity index (χ4n) is 2.81. The van der Waals surface area contributed by atoms with E-state index in [-0.39, 0.29) is 18.3 Å². The number of para-hydroxylation sites is 1. The molecule has 156 valence electrons. The van der Waals surface area contributed by atoms with Gasteiger partial charge in [0.2, 0.25) is 5.91 Å². The molecule has 0 aliphatic heterocycles. The van der Waals surface area contributed by atoms with Gasteiger partial charge in [-0.05, 0) is 35.9 Å². The molecule has 0 radical (unpaired) electrons. The molecule has 0 saturated carbocycles. The molecule has 0 atom stereocenters. The van der Waals surface area contributed by atoms with Crippen molar-refractivity contribution in [3.05, 3.63) is 89.8 Å². The summed E-state index contributed by atoms with van der Waals surface area (Å²) in [7, 11) is 0. The maximum absolute atomic E-state index is 12.5. The van der Waals surface area contributed by atoms with E-state index in [4.69, 9.17) is 20.8 Å². The van der Waals surface area contributed by atoms with Crippen LogP contribution in [0, 0.1) is 0 Å². The summed E-state index contributed by atoms with van der Waals surface area (Å²) in [4.78, 5) is 12.5. The number of benzene rings is 3. The number of anilines is 1. The topological polar surface area (TPSA) is 77.2 Å². The molecule has 0 aliphatic carbocycles. The molecule has 0 fully saturated rings. The summed E-state index contributed by atoms with van der Waals surface area (Å²) < 4.78 is 11.1. The molecule has 1 heterocycles. The van der Waals surface area contributed by atoms with Gasteiger partial charge in [0, 0.05) is 16.3 Å². The first-order valence-electron chi connectivity index (χ1n) is 9.45. The summed E-state index contributed by atoms with van der Waals surface area (Å²) >= 11 is 7.02. The maximum atomic E-state index is 12.5. The average Bonchev–Trinajstić information content (AvgIpc) is 3.26. The van der Waals surface area contributed by atoms with Gasteiger partial charge in [-0.3, -0.25) is 4.79 Å². The highest BCUT2D eigenvalue weighted by Crippen LogP contribution is 2.28. The SMILES string of the molecule is O=C(CSc1nnc(COc2ccc(Cl)cc2)o1)Nc1ccccc1-c1ccccc1. The van der Waals surface area contributed by atoms with E-state index in [1.807, 2.05) is 54.6 Å². The summed E-state index contributed by atoms with van der Waals surface area (Å²) in [6, 6.07) is 24.6. The highest BCUT2D eigenvalue weighted by molar-refractivity contribution is 7.99. The summed E-state index contributed by atoms with van der Waals surface area (Å²) in [6.45, 7) is 0.131. The van der Waals surface area contributed by atoms with Crippen LogP contribution in [0.25, 0.3) is 11.1 Å². The predicted octanol–water partition coefficient (Wildman–Crippen LogP) is 5.70. The Hall–Kier alpha value is -3.29. The molecule has 4 rings (SSSR count). The second-order valence-electron chi connectivity index (χ2n) is 6.45. The van der Waals surface area contributed by atoms with Crippen molar-refractivity contribution in [1.82, 2.24) is 10.2 Å². The van der Waals surface area contributed by atoms with Crippen LogP contribution < -0.4 is 10.1 Å². The van der Waals surface area contributed by atoms with Crippen molar-refractivity contribution in [3.63, 3.8) is 0 Å².